The fourth-order valence-electron chi connectivity index (χ4n) is 2.08. The first kappa shape index (κ1) is 20.3. The lowest BCUT2D eigenvalue weighted by molar-refractivity contribution is -0.121. The standard InChI is InChI=1S/C18H19Br2N3O3/c1-3-26-15-6-4-14(5-7-15)22-11(2)18(25)23-21-10-12-8-13(19)9-16(20)17(12)24/h4-11,22,24H,3H2,1-2H3,(H,23,25)/b21-10-. The SMILES string of the molecule is CCOc1ccc(NC(C)C(=O)N/N=C\c2cc(Br)cc(Br)c2O)cc1. The predicted octanol–water partition coefficient (Wildman–Crippen LogP) is 4.27. The van der Waals surface area contributed by atoms with Gasteiger partial charge in [0.25, 0.3) is 5.91 Å². The highest BCUT2D eigenvalue weighted by Crippen LogP contribution is 2.30. The van der Waals surface area contributed by atoms with Crippen molar-refractivity contribution in [3.63, 3.8) is 0 Å². The van der Waals surface area contributed by atoms with E-state index in [2.05, 4.69) is 47.7 Å². The number of nitrogens with zero attached hydrogens (tertiary/aromatic N) is 1. The molecule has 0 fully saturated rings. The number of aromatic hydroxyl groups is 1. The first-order chi connectivity index (χ1) is 12.4. The van der Waals surface area contributed by atoms with Crippen molar-refractivity contribution in [1.82, 2.24) is 5.43 Å². The van der Waals surface area contributed by atoms with Crippen LogP contribution in [0, 0.1) is 0 Å². The third-order valence-electron chi connectivity index (χ3n) is 3.38. The van der Waals surface area contributed by atoms with Gasteiger partial charge in [0.1, 0.15) is 17.5 Å². The second kappa shape index (κ2) is 9.59. The molecule has 0 heterocycles. The molecule has 26 heavy (non-hydrogen) atoms. The average molecular weight is 485 g/mol. The number of ether oxygens (including phenoxy) is 1. The number of hydrogen-bond donors (Lipinski definition) is 3. The molecule has 3 N–H and O–H groups in total. The van der Waals surface area contributed by atoms with E-state index < -0.39 is 6.04 Å². The van der Waals surface area contributed by atoms with Gasteiger partial charge in [0.15, 0.2) is 0 Å². The normalized spacial score (nSPS) is 12.0. The molecule has 1 atom stereocenters. The topological polar surface area (TPSA) is 83.0 Å². The molecule has 2 rings (SSSR count). The van der Waals surface area contributed by atoms with E-state index in [4.69, 9.17) is 4.74 Å². The zero-order valence-electron chi connectivity index (χ0n) is 14.3. The summed E-state index contributed by atoms with van der Waals surface area (Å²) in [5.41, 5.74) is 3.72. The van der Waals surface area contributed by atoms with E-state index >= 15 is 0 Å². The number of halogens is 2. The van der Waals surface area contributed by atoms with Gasteiger partial charge in [0, 0.05) is 15.7 Å². The van der Waals surface area contributed by atoms with Crippen molar-refractivity contribution in [2.24, 2.45) is 5.10 Å². The first-order valence-corrected chi connectivity index (χ1v) is 9.49. The Kier molecular flexibility index (Phi) is 7.47. The number of phenols is 1. The Balaban J connectivity index is 1.92. The van der Waals surface area contributed by atoms with E-state index in [1.54, 1.807) is 19.1 Å². The van der Waals surface area contributed by atoms with Crippen LogP contribution in [0.4, 0.5) is 5.69 Å². The van der Waals surface area contributed by atoms with Crippen molar-refractivity contribution in [2.75, 3.05) is 11.9 Å². The maximum absolute atomic E-state index is 12.1. The van der Waals surface area contributed by atoms with E-state index in [9.17, 15) is 9.90 Å². The maximum Gasteiger partial charge on any atom is 0.262 e. The van der Waals surface area contributed by atoms with Crippen LogP contribution in [0.5, 0.6) is 11.5 Å². The Hall–Kier alpha value is -2.06. The molecular formula is C18H19Br2N3O3. The third kappa shape index (κ3) is 5.74. The van der Waals surface area contributed by atoms with Gasteiger partial charge in [0.2, 0.25) is 0 Å². The molecule has 0 aliphatic rings. The minimum atomic E-state index is -0.493. The van der Waals surface area contributed by atoms with Crippen LogP contribution in [0.1, 0.15) is 19.4 Å². The van der Waals surface area contributed by atoms with Gasteiger partial charge in [-0.2, -0.15) is 5.10 Å². The van der Waals surface area contributed by atoms with Crippen molar-refractivity contribution in [2.45, 2.75) is 19.9 Å². The Morgan fingerprint density at radius 1 is 1.31 bits per heavy atom. The lowest BCUT2D eigenvalue weighted by Crippen LogP contribution is -2.34. The number of anilines is 1. The summed E-state index contributed by atoms with van der Waals surface area (Å²) in [5.74, 6) is 0.523. The zero-order chi connectivity index (χ0) is 19.1. The molecule has 6 nitrogen and oxygen atoms in total. The van der Waals surface area contributed by atoms with Crippen LogP contribution in [0.3, 0.4) is 0 Å². The van der Waals surface area contributed by atoms with Gasteiger partial charge in [-0.3, -0.25) is 4.79 Å². The van der Waals surface area contributed by atoms with Crippen molar-refractivity contribution >= 4 is 49.7 Å². The van der Waals surface area contributed by atoms with Gasteiger partial charge in [0.05, 0.1) is 17.3 Å². The van der Waals surface area contributed by atoms with E-state index in [-0.39, 0.29) is 11.7 Å². The average Bonchev–Trinajstić information content (AvgIpc) is 2.60. The van der Waals surface area contributed by atoms with Crippen molar-refractivity contribution in [3.8, 4) is 11.5 Å². The molecule has 0 aliphatic carbocycles. The summed E-state index contributed by atoms with van der Waals surface area (Å²) in [5, 5.41) is 16.9. The molecule has 1 unspecified atom stereocenters. The van der Waals surface area contributed by atoms with Gasteiger partial charge < -0.3 is 15.2 Å². The fourth-order valence-corrected chi connectivity index (χ4v) is 3.33. The van der Waals surface area contributed by atoms with Crippen LogP contribution in [0.2, 0.25) is 0 Å². The number of carbonyl (C=O) groups excluding carboxylic acids is 1. The molecular weight excluding hydrogens is 466 g/mol. The Bertz CT molecular complexity index is 795. The summed E-state index contributed by atoms with van der Waals surface area (Å²) in [7, 11) is 0. The third-order valence-corrected chi connectivity index (χ3v) is 4.44. The lowest BCUT2D eigenvalue weighted by Gasteiger charge is -2.14. The fraction of sp³-hybridized carbons (Fsp3) is 0.222. The van der Waals surface area contributed by atoms with Crippen molar-refractivity contribution in [1.29, 1.82) is 0 Å². The van der Waals surface area contributed by atoms with E-state index in [1.165, 1.54) is 6.21 Å². The van der Waals surface area contributed by atoms with Crippen LogP contribution < -0.4 is 15.5 Å². The molecule has 0 spiro atoms. The Morgan fingerprint density at radius 3 is 2.65 bits per heavy atom. The smallest absolute Gasteiger partial charge is 0.262 e. The number of rotatable bonds is 7. The van der Waals surface area contributed by atoms with Gasteiger partial charge >= 0.3 is 0 Å². The summed E-state index contributed by atoms with van der Waals surface area (Å²) in [6.45, 7) is 4.26. The molecule has 0 saturated heterocycles. The zero-order valence-corrected chi connectivity index (χ0v) is 17.5. The van der Waals surface area contributed by atoms with Crippen LogP contribution in [-0.2, 0) is 4.79 Å². The molecule has 2 aromatic rings. The maximum atomic E-state index is 12.1. The molecule has 2 aromatic carbocycles. The summed E-state index contributed by atoms with van der Waals surface area (Å²) < 4.78 is 6.69. The Morgan fingerprint density at radius 2 is 2.00 bits per heavy atom. The number of hydrogen-bond acceptors (Lipinski definition) is 5. The van der Waals surface area contributed by atoms with Gasteiger partial charge in [-0.25, -0.2) is 5.43 Å². The monoisotopic (exact) mass is 483 g/mol. The lowest BCUT2D eigenvalue weighted by atomic mass is 10.2. The predicted molar refractivity (Wildman–Crippen MR) is 110 cm³/mol. The van der Waals surface area contributed by atoms with Crippen LogP contribution in [0.25, 0.3) is 0 Å². The number of carbonyl (C=O) groups is 1. The molecule has 0 saturated carbocycles. The highest BCUT2D eigenvalue weighted by molar-refractivity contribution is 9.11. The van der Waals surface area contributed by atoms with Gasteiger partial charge in [-0.05, 0) is 66.2 Å². The molecule has 0 radical (unpaired) electrons. The molecule has 8 heteroatoms. The molecule has 1 amide bonds. The summed E-state index contributed by atoms with van der Waals surface area (Å²) in [6, 6.07) is 10.3. The van der Waals surface area contributed by atoms with E-state index in [0.717, 1.165) is 15.9 Å². The number of benzene rings is 2. The first-order valence-electron chi connectivity index (χ1n) is 7.91. The molecule has 0 aliphatic heterocycles. The van der Waals surface area contributed by atoms with Crippen molar-refractivity contribution in [3.05, 3.63) is 50.9 Å². The van der Waals surface area contributed by atoms with E-state index in [0.29, 0.717) is 16.6 Å². The number of phenolic OH excluding ortho intramolecular Hbond substituents is 1. The van der Waals surface area contributed by atoms with E-state index in [1.807, 2.05) is 31.2 Å². The summed E-state index contributed by atoms with van der Waals surface area (Å²) >= 11 is 6.58. The quantitative estimate of drug-likeness (QED) is 0.405. The number of hydrazone groups is 1. The van der Waals surface area contributed by atoms with Crippen molar-refractivity contribution < 1.29 is 14.6 Å². The molecule has 138 valence electrons. The second-order valence-corrected chi connectivity index (χ2v) is 7.15. The highest BCUT2D eigenvalue weighted by atomic mass is 79.9. The highest BCUT2D eigenvalue weighted by Gasteiger charge is 2.12. The number of amides is 1. The number of nitrogens with one attached hydrogen (secondary N) is 2. The minimum Gasteiger partial charge on any atom is -0.506 e. The Labute approximate surface area is 168 Å². The molecule has 0 aromatic heterocycles. The summed E-state index contributed by atoms with van der Waals surface area (Å²) in [4.78, 5) is 12.1. The van der Waals surface area contributed by atoms with Crippen LogP contribution in [0.15, 0.2) is 50.4 Å². The second-order valence-electron chi connectivity index (χ2n) is 5.38. The largest absolute Gasteiger partial charge is 0.506 e. The summed E-state index contributed by atoms with van der Waals surface area (Å²) in [6.07, 6.45) is 1.38. The van der Waals surface area contributed by atoms with Gasteiger partial charge in [-0.1, -0.05) is 15.9 Å². The molecule has 0 bridgehead atoms. The minimum absolute atomic E-state index is 0.0479. The van der Waals surface area contributed by atoms with Crippen LogP contribution in [-0.4, -0.2) is 29.9 Å². The van der Waals surface area contributed by atoms with Gasteiger partial charge in [-0.15, -0.1) is 0 Å². The van der Waals surface area contributed by atoms with Crippen LogP contribution >= 0.6 is 31.9 Å².